The first-order chi connectivity index (χ1) is 29.7. The molecule has 0 fully saturated rings. The Morgan fingerprint density at radius 2 is 0.935 bits per heavy atom. The highest BCUT2D eigenvalue weighted by Gasteiger charge is 2.42. The van der Waals surface area contributed by atoms with Crippen molar-refractivity contribution in [2.45, 2.75) is 126 Å². The van der Waals surface area contributed by atoms with Crippen molar-refractivity contribution in [1.29, 1.82) is 0 Å². The van der Waals surface area contributed by atoms with Gasteiger partial charge in [-0.15, -0.1) is 0 Å². The van der Waals surface area contributed by atoms with Crippen molar-refractivity contribution in [1.82, 2.24) is 4.90 Å². The second-order valence-corrected chi connectivity index (χ2v) is 15.8. The molecule has 0 bridgehead atoms. The SMILES string of the molecule is CCC(=O)Cl.CCC(=O)O/N=C(/C)C(=O)c1ccc2c(c1)C(CC)(CC)c1ccccc1-2.CCC1(CC)c2ccccc2-c2ccc(C(=O)/C(C)=N\O)cc21.CCN(CC)CC. The Morgan fingerprint density at radius 3 is 1.26 bits per heavy atom. The lowest BCUT2D eigenvalue weighted by molar-refractivity contribution is -0.143. The molecule has 10 heteroatoms. The van der Waals surface area contributed by atoms with Crippen LogP contribution in [0.3, 0.4) is 0 Å². The zero-order valence-electron chi connectivity index (χ0n) is 38.7. The van der Waals surface area contributed by atoms with Gasteiger partial charge in [0, 0.05) is 34.8 Å². The van der Waals surface area contributed by atoms with E-state index in [9.17, 15) is 19.2 Å². The molecule has 0 saturated heterocycles. The summed E-state index contributed by atoms with van der Waals surface area (Å²) in [6.07, 6.45) is 4.55. The summed E-state index contributed by atoms with van der Waals surface area (Å²) in [5.74, 6) is -0.909. The molecule has 0 aromatic heterocycles. The van der Waals surface area contributed by atoms with E-state index >= 15 is 0 Å². The molecule has 4 aromatic carbocycles. The Morgan fingerprint density at radius 1 is 0.565 bits per heavy atom. The fraction of sp³-hybridized carbons (Fsp3) is 0.423. The number of rotatable bonds is 14. The molecule has 2 aliphatic carbocycles. The molecule has 9 nitrogen and oxygen atoms in total. The van der Waals surface area contributed by atoms with Gasteiger partial charge in [0.2, 0.25) is 16.8 Å². The number of fused-ring (bicyclic) bond motifs is 6. The summed E-state index contributed by atoms with van der Waals surface area (Å²) in [6, 6.07) is 28.7. The van der Waals surface area contributed by atoms with Crippen molar-refractivity contribution in [3.63, 3.8) is 0 Å². The van der Waals surface area contributed by atoms with Crippen LogP contribution in [0, 0.1) is 0 Å². The molecule has 6 rings (SSSR count). The van der Waals surface area contributed by atoms with Gasteiger partial charge in [0.25, 0.3) is 0 Å². The first-order valence-electron chi connectivity index (χ1n) is 22.1. The van der Waals surface area contributed by atoms with Crippen molar-refractivity contribution in [2.24, 2.45) is 10.3 Å². The maximum atomic E-state index is 12.8. The molecule has 0 amide bonds. The summed E-state index contributed by atoms with van der Waals surface area (Å²) in [5, 5.41) is 15.3. The van der Waals surface area contributed by atoms with Crippen LogP contribution in [0.15, 0.2) is 95.2 Å². The molecule has 1 N–H and O–H groups in total. The number of carbonyl (C=O) groups excluding carboxylic acids is 4. The van der Waals surface area contributed by atoms with Crippen LogP contribution in [-0.4, -0.2) is 63.9 Å². The maximum Gasteiger partial charge on any atom is 0.334 e. The number of hydrogen-bond donors (Lipinski definition) is 1. The number of hydrogen-bond acceptors (Lipinski definition) is 9. The van der Waals surface area contributed by atoms with Crippen LogP contribution in [0.2, 0.25) is 0 Å². The van der Waals surface area contributed by atoms with Crippen molar-refractivity contribution in [3.05, 3.63) is 118 Å². The zero-order valence-corrected chi connectivity index (χ0v) is 39.4. The molecule has 2 aliphatic rings. The third kappa shape index (κ3) is 11.0. The van der Waals surface area contributed by atoms with E-state index in [0.29, 0.717) is 17.5 Å². The summed E-state index contributed by atoms with van der Waals surface area (Å²) in [4.78, 5) is 53.1. The van der Waals surface area contributed by atoms with Crippen LogP contribution < -0.4 is 0 Å². The third-order valence-electron chi connectivity index (χ3n) is 12.5. The lowest BCUT2D eigenvalue weighted by Gasteiger charge is -2.29. The van der Waals surface area contributed by atoms with Crippen LogP contribution in [0.25, 0.3) is 22.3 Å². The summed E-state index contributed by atoms with van der Waals surface area (Å²) in [5.41, 5.74) is 11.3. The van der Waals surface area contributed by atoms with Crippen LogP contribution in [0.4, 0.5) is 0 Å². The first kappa shape index (κ1) is 51.1. The van der Waals surface area contributed by atoms with E-state index in [1.807, 2.05) is 36.4 Å². The molecule has 4 aromatic rings. The number of Topliss-reactive ketones (excluding diaryl/α,β-unsaturated/α-hetero) is 2. The van der Waals surface area contributed by atoms with Crippen molar-refractivity contribution in [3.8, 4) is 22.3 Å². The fourth-order valence-corrected chi connectivity index (χ4v) is 8.58. The van der Waals surface area contributed by atoms with E-state index < -0.39 is 5.97 Å². The molecule has 332 valence electrons. The molecule has 62 heavy (non-hydrogen) atoms. The lowest BCUT2D eigenvalue weighted by Crippen LogP contribution is -2.23. The second-order valence-electron chi connectivity index (χ2n) is 15.4. The minimum Gasteiger partial charge on any atom is -0.411 e. The summed E-state index contributed by atoms with van der Waals surface area (Å²) < 4.78 is 0. The van der Waals surface area contributed by atoms with Crippen LogP contribution in [-0.2, 0) is 25.3 Å². The Kier molecular flexibility index (Phi) is 19.6. The molecule has 0 spiro atoms. The molecule has 0 unspecified atom stereocenters. The zero-order chi connectivity index (χ0) is 46.2. The van der Waals surface area contributed by atoms with Gasteiger partial charge in [-0.3, -0.25) is 14.4 Å². The number of carbonyl (C=O) groups is 4. The summed E-state index contributed by atoms with van der Waals surface area (Å²) in [7, 11) is 0. The van der Waals surface area contributed by atoms with Gasteiger partial charge in [-0.1, -0.05) is 145 Å². The number of ketones is 2. The van der Waals surface area contributed by atoms with Crippen molar-refractivity contribution in [2.75, 3.05) is 19.6 Å². The van der Waals surface area contributed by atoms with Gasteiger partial charge < -0.3 is 14.9 Å². The van der Waals surface area contributed by atoms with Gasteiger partial charge in [0.1, 0.15) is 11.4 Å². The van der Waals surface area contributed by atoms with E-state index in [-0.39, 0.29) is 45.5 Å². The average Bonchev–Trinajstić information content (AvgIpc) is 3.77. The molecule has 0 heterocycles. The van der Waals surface area contributed by atoms with E-state index in [4.69, 9.17) is 21.6 Å². The van der Waals surface area contributed by atoms with Crippen molar-refractivity contribution < 1.29 is 29.2 Å². The Hall–Kier alpha value is -5.25. The molecular weight excluding hydrogens is 798 g/mol. The van der Waals surface area contributed by atoms with Gasteiger partial charge in [0.15, 0.2) is 0 Å². The topological polar surface area (TPSA) is 126 Å². The van der Waals surface area contributed by atoms with Gasteiger partial charge in [-0.2, -0.15) is 0 Å². The number of nitrogens with zero attached hydrogens (tertiary/aromatic N) is 3. The van der Waals surface area contributed by atoms with Crippen LogP contribution in [0.5, 0.6) is 0 Å². The van der Waals surface area contributed by atoms with Gasteiger partial charge in [0.05, 0.1) is 0 Å². The van der Waals surface area contributed by atoms with E-state index in [1.54, 1.807) is 20.8 Å². The predicted molar refractivity (Wildman–Crippen MR) is 254 cm³/mol. The highest BCUT2D eigenvalue weighted by atomic mass is 35.5. The standard InChI is InChI=1S/C23H25NO3.C20H21NO2.C6H15N.C3H5ClO/c1-5-21(25)27-24-15(4)22(26)16-12-13-18-17-10-8-9-11-19(17)23(6-2,7-3)20(18)14-16;1-4-20(5-2)17-9-7-6-8-15(17)16-11-10-14(12-18(16)20)19(22)13(3)21-23;1-4-7(5-2)6-3;1-2-3(4)5/h8-14H,5-7H2,1-4H3;6-12,23H,4-5H2,1-3H3;4-6H2,1-3H3;2H2,1H3/b24-15-;21-13-;;. The quantitative estimate of drug-likeness (QED) is 0.0334. The number of oxime groups is 2. The van der Waals surface area contributed by atoms with E-state index in [2.05, 4.69) is 112 Å². The number of halogens is 1. The Bertz CT molecular complexity index is 2240. The molecule has 0 aliphatic heterocycles. The third-order valence-corrected chi connectivity index (χ3v) is 12.7. The molecule has 0 atom stereocenters. The molecular formula is C52H66ClN3O6. The van der Waals surface area contributed by atoms with Gasteiger partial charge in [-0.25, -0.2) is 4.79 Å². The lowest BCUT2D eigenvalue weighted by atomic mass is 9.73. The monoisotopic (exact) mass is 863 g/mol. The van der Waals surface area contributed by atoms with Gasteiger partial charge >= 0.3 is 5.97 Å². The van der Waals surface area contributed by atoms with Crippen LogP contribution >= 0.6 is 11.6 Å². The first-order valence-corrected chi connectivity index (χ1v) is 22.5. The van der Waals surface area contributed by atoms with E-state index in [1.165, 1.54) is 71.1 Å². The smallest absolute Gasteiger partial charge is 0.334 e. The average molecular weight is 865 g/mol. The summed E-state index contributed by atoms with van der Waals surface area (Å²) >= 11 is 4.82. The minimum atomic E-state index is -0.456. The van der Waals surface area contributed by atoms with Crippen molar-refractivity contribution >= 4 is 45.8 Å². The van der Waals surface area contributed by atoms with E-state index in [0.717, 1.165) is 25.7 Å². The fourth-order valence-electron chi connectivity index (χ4n) is 8.58. The summed E-state index contributed by atoms with van der Waals surface area (Å²) in [6.45, 7) is 25.4. The minimum absolute atomic E-state index is 0.0491. The van der Waals surface area contributed by atoms with Gasteiger partial charge in [-0.05, 0) is 127 Å². The normalized spacial score (nSPS) is 13.7. The number of benzene rings is 4. The Balaban J connectivity index is 0.000000264. The highest BCUT2D eigenvalue weighted by Crippen LogP contribution is 2.54. The maximum absolute atomic E-state index is 12.8. The molecule has 0 radical (unpaired) electrons. The highest BCUT2D eigenvalue weighted by molar-refractivity contribution is 6.63. The largest absolute Gasteiger partial charge is 0.411 e. The predicted octanol–water partition coefficient (Wildman–Crippen LogP) is 12.6. The van der Waals surface area contributed by atoms with Crippen LogP contribution in [0.1, 0.15) is 158 Å². The second kappa shape index (κ2) is 23.8. The molecule has 0 saturated carbocycles. The Labute approximate surface area is 374 Å².